The van der Waals surface area contributed by atoms with Crippen molar-refractivity contribution in [1.82, 2.24) is 4.90 Å². The van der Waals surface area contributed by atoms with Gasteiger partial charge in [0, 0.05) is 45.1 Å². The Labute approximate surface area is 332 Å². The van der Waals surface area contributed by atoms with Gasteiger partial charge >= 0.3 is 18.2 Å². The van der Waals surface area contributed by atoms with Crippen molar-refractivity contribution in [2.24, 2.45) is 9.98 Å². The SMILES string of the molecule is C=CC(=C)Nc1cc(OCCOC)ccc1N(C(=O)OC(C)(C)C)C(/C=C(\N=C)N(C)C(=O)N(C(=O)OC(C)(C)C)c1c(Cl)c(OC)cc(OC)c1Cl)=NC. The lowest BCUT2D eigenvalue weighted by atomic mass is 10.2. The summed E-state index contributed by atoms with van der Waals surface area (Å²) in [5, 5.41) is 2.73. The number of allylic oxidation sites excluding steroid dienone is 1. The van der Waals surface area contributed by atoms with Crippen LogP contribution in [0.15, 0.2) is 71.1 Å². The van der Waals surface area contributed by atoms with Crippen LogP contribution in [0.3, 0.4) is 0 Å². The number of urea groups is 1. The molecule has 0 unspecified atom stereocenters. The Balaban J connectivity index is 2.89. The van der Waals surface area contributed by atoms with Crippen LogP contribution in [0.2, 0.25) is 10.0 Å². The third kappa shape index (κ3) is 12.4. The predicted octanol–water partition coefficient (Wildman–Crippen LogP) is 8.95. The highest BCUT2D eigenvalue weighted by molar-refractivity contribution is 6.43. The number of carbonyl (C=O) groups is 3. The molecule has 0 aromatic heterocycles. The van der Waals surface area contributed by atoms with Gasteiger partial charge in [-0.2, -0.15) is 4.90 Å². The summed E-state index contributed by atoms with van der Waals surface area (Å²) in [4.78, 5) is 53.5. The first kappa shape index (κ1) is 45.9. The zero-order chi connectivity index (χ0) is 41.8. The highest BCUT2D eigenvalue weighted by atomic mass is 35.5. The number of amidine groups is 1. The summed E-state index contributed by atoms with van der Waals surface area (Å²) in [5.74, 6) is 0.291. The number of methoxy groups -OCH3 is 3. The van der Waals surface area contributed by atoms with Crippen molar-refractivity contribution in [1.29, 1.82) is 0 Å². The third-order valence-electron chi connectivity index (χ3n) is 6.93. The summed E-state index contributed by atoms with van der Waals surface area (Å²) >= 11 is 13.4. The van der Waals surface area contributed by atoms with Crippen LogP contribution < -0.4 is 29.3 Å². The minimum atomic E-state index is -1.14. The van der Waals surface area contributed by atoms with E-state index < -0.39 is 29.4 Å². The van der Waals surface area contributed by atoms with Crippen molar-refractivity contribution in [3.05, 3.63) is 71.1 Å². The van der Waals surface area contributed by atoms with Gasteiger partial charge < -0.3 is 33.7 Å². The Hall–Kier alpha value is -5.25. The number of carbonyl (C=O) groups excluding carboxylic acids is 3. The number of hydrogen-bond donors (Lipinski definition) is 1. The van der Waals surface area contributed by atoms with E-state index in [1.165, 1.54) is 46.5 Å². The number of aliphatic imine (C=N–C) groups is 2. The number of amides is 4. The summed E-state index contributed by atoms with van der Waals surface area (Å²) < 4.78 is 33.1. The van der Waals surface area contributed by atoms with Crippen LogP contribution in [0.25, 0.3) is 0 Å². The van der Waals surface area contributed by atoms with E-state index in [9.17, 15) is 14.4 Å². The molecule has 55 heavy (non-hydrogen) atoms. The summed E-state index contributed by atoms with van der Waals surface area (Å²) in [6.45, 7) is 21.9. The Morgan fingerprint density at radius 1 is 0.891 bits per heavy atom. The maximum Gasteiger partial charge on any atom is 0.423 e. The highest BCUT2D eigenvalue weighted by Crippen LogP contribution is 2.47. The van der Waals surface area contributed by atoms with Gasteiger partial charge in [0.25, 0.3) is 0 Å². The molecule has 0 saturated carbocycles. The van der Waals surface area contributed by atoms with Crippen LogP contribution in [0.5, 0.6) is 17.2 Å². The number of anilines is 3. The van der Waals surface area contributed by atoms with Crippen molar-refractivity contribution < 1.29 is 42.8 Å². The fourth-order valence-electron chi connectivity index (χ4n) is 4.47. The van der Waals surface area contributed by atoms with Gasteiger partial charge in [-0.05, 0) is 66.5 Å². The Kier molecular flexibility index (Phi) is 16.6. The molecule has 2 aromatic carbocycles. The van der Waals surface area contributed by atoms with Crippen molar-refractivity contribution in [3.8, 4) is 17.2 Å². The largest absolute Gasteiger partial charge is 0.495 e. The van der Waals surface area contributed by atoms with Crippen molar-refractivity contribution in [3.63, 3.8) is 0 Å². The minimum Gasteiger partial charge on any atom is -0.495 e. The molecule has 0 radical (unpaired) electrons. The van der Waals surface area contributed by atoms with E-state index in [1.807, 2.05) is 0 Å². The summed E-state index contributed by atoms with van der Waals surface area (Å²) in [6.07, 6.45) is 0.784. The molecule has 2 rings (SSSR count). The first-order chi connectivity index (χ1) is 25.7. The maximum absolute atomic E-state index is 14.5. The standard InChI is InChI=1S/C38H50Cl2N6O9/c1-15-23(2)43-25-20-24(53-19-18-50-12)16-17-26(25)45(35(48)54-37(3,4)5)30(42-10)22-29(41-9)44(11)34(47)46(36(49)55-38(6,7)8)33-31(39)27(51-13)21-28(52-14)32(33)40/h15-17,20-22,43H,1-2,9,18-19H2,3-8,10-14H3/b29-22+,42-30?. The molecular weight excluding hydrogens is 755 g/mol. The van der Waals surface area contributed by atoms with Gasteiger partial charge in [0.05, 0.1) is 32.2 Å². The lowest BCUT2D eigenvalue weighted by molar-refractivity contribution is 0.0582. The smallest absolute Gasteiger partial charge is 0.423 e. The average molecular weight is 806 g/mol. The molecule has 0 fully saturated rings. The highest BCUT2D eigenvalue weighted by Gasteiger charge is 2.38. The molecule has 0 spiro atoms. The predicted molar refractivity (Wildman–Crippen MR) is 218 cm³/mol. The van der Waals surface area contributed by atoms with Crippen LogP contribution in [0.1, 0.15) is 41.5 Å². The summed E-state index contributed by atoms with van der Waals surface area (Å²) in [5.41, 5.74) is -1.31. The lowest BCUT2D eigenvalue weighted by Crippen LogP contribution is -2.47. The lowest BCUT2D eigenvalue weighted by Gasteiger charge is -2.31. The Bertz CT molecular complexity index is 1810. The molecule has 0 aliphatic rings. The molecule has 300 valence electrons. The van der Waals surface area contributed by atoms with Crippen LogP contribution in [0.4, 0.5) is 31.4 Å². The normalized spacial score (nSPS) is 11.9. The number of benzene rings is 2. The Morgan fingerprint density at radius 2 is 1.44 bits per heavy atom. The zero-order valence-electron chi connectivity index (χ0n) is 33.2. The van der Waals surface area contributed by atoms with Crippen molar-refractivity contribution >= 4 is 71.0 Å². The number of nitrogens with zero attached hydrogens (tertiary/aromatic N) is 5. The number of halogens is 2. The van der Waals surface area contributed by atoms with Gasteiger partial charge in [-0.3, -0.25) is 9.89 Å². The fourth-order valence-corrected chi connectivity index (χ4v) is 5.14. The minimum absolute atomic E-state index is 0.0478. The van der Waals surface area contributed by atoms with E-state index in [0.717, 1.165) is 9.80 Å². The average Bonchev–Trinajstić information content (AvgIpc) is 3.10. The zero-order valence-corrected chi connectivity index (χ0v) is 34.7. The molecule has 0 atom stereocenters. The molecule has 4 amide bonds. The van der Waals surface area contributed by atoms with E-state index in [-0.39, 0.29) is 51.2 Å². The second kappa shape index (κ2) is 19.9. The molecule has 0 aliphatic heterocycles. The van der Waals surface area contributed by atoms with E-state index in [2.05, 4.69) is 35.2 Å². The second-order valence-electron chi connectivity index (χ2n) is 13.3. The molecule has 17 heteroatoms. The number of imide groups is 1. The Morgan fingerprint density at radius 3 is 1.89 bits per heavy atom. The molecule has 0 bridgehead atoms. The first-order valence-electron chi connectivity index (χ1n) is 16.6. The summed E-state index contributed by atoms with van der Waals surface area (Å²) in [7, 11) is 6.95. The van der Waals surface area contributed by atoms with Crippen LogP contribution >= 0.6 is 23.2 Å². The van der Waals surface area contributed by atoms with Gasteiger partial charge in [-0.15, -0.1) is 0 Å². The topological polar surface area (TPSA) is 153 Å². The first-order valence-corrected chi connectivity index (χ1v) is 17.4. The van der Waals surface area contributed by atoms with E-state index in [0.29, 0.717) is 28.6 Å². The number of hydrogen-bond acceptors (Lipinski definition) is 12. The van der Waals surface area contributed by atoms with Crippen LogP contribution in [-0.4, -0.2) is 95.5 Å². The van der Waals surface area contributed by atoms with Gasteiger partial charge in [0.15, 0.2) is 0 Å². The molecule has 1 N–H and O–H groups in total. The molecule has 0 heterocycles. The van der Waals surface area contributed by atoms with E-state index in [4.69, 9.17) is 51.6 Å². The fraction of sp³-hybridized carbons (Fsp3) is 0.395. The second-order valence-corrected chi connectivity index (χ2v) is 14.1. The van der Waals surface area contributed by atoms with Gasteiger partial charge in [-0.25, -0.2) is 24.3 Å². The number of nitrogens with one attached hydrogen (secondary N) is 1. The number of ether oxygens (including phenoxy) is 6. The van der Waals surface area contributed by atoms with Crippen LogP contribution in [-0.2, 0) is 14.2 Å². The molecule has 0 aliphatic carbocycles. The monoisotopic (exact) mass is 804 g/mol. The quantitative estimate of drug-likeness (QED) is 0.0848. The van der Waals surface area contributed by atoms with Gasteiger partial charge in [0.2, 0.25) is 0 Å². The van der Waals surface area contributed by atoms with Crippen molar-refractivity contribution in [2.75, 3.05) is 63.8 Å². The maximum atomic E-state index is 14.5. The van der Waals surface area contributed by atoms with Crippen LogP contribution in [0, 0.1) is 0 Å². The van der Waals surface area contributed by atoms with Gasteiger partial charge in [0.1, 0.15) is 62.4 Å². The van der Waals surface area contributed by atoms with E-state index >= 15 is 0 Å². The molecule has 15 nitrogen and oxygen atoms in total. The van der Waals surface area contributed by atoms with E-state index in [1.54, 1.807) is 66.9 Å². The molecular formula is C38H50Cl2N6O9. The molecule has 0 saturated heterocycles. The number of rotatable bonds is 14. The molecule has 2 aromatic rings. The van der Waals surface area contributed by atoms with Gasteiger partial charge in [-0.1, -0.05) is 36.4 Å². The summed E-state index contributed by atoms with van der Waals surface area (Å²) in [6, 6.07) is 5.23. The third-order valence-corrected chi connectivity index (χ3v) is 7.66. The van der Waals surface area contributed by atoms with Crippen molar-refractivity contribution in [2.45, 2.75) is 52.7 Å².